The lowest BCUT2D eigenvalue weighted by molar-refractivity contribution is -0.125. The normalized spacial score (nSPS) is 19.5. The van der Waals surface area contributed by atoms with Gasteiger partial charge < -0.3 is 10.1 Å². The van der Waals surface area contributed by atoms with E-state index in [0.717, 1.165) is 18.8 Å². The van der Waals surface area contributed by atoms with E-state index in [-0.39, 0.29) is 17.6 Å². The molecule has 0 spiro atoms. The minimum absolute atomic E-state index is 0.113. The van der Waals surface area contributed by atoms with E-state index in [9.17, 15) is 9.18 Å². The van der Waals surface area contributed by atoms with E-state index >= 15 is 0 Å². The molecule has 24 heavy (non-hydrogen) atoms. The molecule has 0 saturated heterocycles. The predicted octanol–water partition coefficient (Wildman–Crippen LogP) is 4.77. The Morgan fingerprint density at radius 3 is 2.46 bits per heavy atom. The molecular weight excluding hydrogens is 305 g/mol. The number of carbonyl (C=O) groups excluding carboxylic acids is 1. The molecule has 3 nitrogen and oxygen atoms in total. The second-order valence-electron chi connectivity index (χ2n) is 6.27. The van der Waals surface area contributed by atoms with Gasteiger partial charge in [-0.3, -0.25) is 4.79 Å². The lowest BCUT2D eigenvalue weighted by Crippen LogP contribution is -2.31. The average molecular weight is 333 g/mol. The summed E-state index contributed by atoms with van der Waals surface area (Å²) in [6.07, 6.45) is 5.93. The molecule has 0 aromatic heterocycles. The molecule has 0 unspecified atom stereocenters. The lowest BCUT2D eigenvalue weighted by Gasteiger charge is -2.25. The van der Waals surface area contributed by atoms with Crippen LogP contribution in [0.15, 0.2) is 43.1 Å². The van der Waals surface area contributed by atoms with Gasteiger partial charge in [0.05, 0.1) is 7.11 Å². The van der Waals surface area contributed by atoms with Crippen LogP contribution in [0.25, 0.3) is 0 Å². The fourth-order valence-electron chi connectivity index (χ4n) is 2.61. The maximum atomic E-state index is 12.9. The Bertz CT molecular complexity index is 575. The van der Waals surface area contributed by atoms with Gasteiger partial charge in [0, 0.05) is 11.6 Å². The van der Waals surface area contributed by atoms with Crippen LogP contribution < -0.4 is 10.1 Å². The molecule has 1 aromatic carbocycles. The quantitative estimate of drug-likeness (QED) is 0.806. The summed E-state index contributed by atoms with van der Waals surface area (Å²) in [7, 11) is 1.46. The van der Waals surface area contributed by atoms with Crippen molar-refractivity contribution in [3.8, 4) is 5.75 Å². The smallest absolute Gasteiger partial charge is 0.227 e. The molecule has 0 aliphatic heterocycles. The number of hydrogen-bond acceptors (Lipinski definition) is 2. The summed E-state index contributed by atoms with van der Waals surface area (Å²) >= 11 is 0. The van der Waals surface area contributed by atoms with E-state index in [0.29, 0.717) is 17.0 Å². The minimum atomic E-state index is -0.273. The number of allylic oxidation sites excluding steroid dienone is 1. The third kappa shape index (κ3) is 6.19. The number of aryl methyl sites for hydroxylation is 1. The van der Waals surface area contributed by atoms with Crippen molar-refractivity contribution in [2.45, 2.75) is 39.5 Å². The standard InChI is InChI=1S/C12H19NO.C8H9FO/c1-4-10(3)13-12(14)11-7-5-9(2)6-8-11;1-6-4-3-5-7(10-2)8(6)9/h4,9,11H,1,3,5-8H2,2H3,(H,13,14);3-5H,1-2H3. The maximum absolute atomic E-state index is 12.9. The first-order valence-corrected chi connectivity index (χ1v) is 8.30. The second-order valence-corrected chi connectivity index (χ2v) is 6.27. The largest absolute Gasteiger partial charge is 0.494 e. The summed E-state index contributed by atoms with van der Waals surface area (Å²) in [4.78, 5) is 11.7. The third-order valence-electron chi connectivity index (χ3n) is 4.29. The van der Waals surface area contributed by atoms with Crippen molar-refractivity contribution < 1.29 is 13.9 Å². The molecule has 1 amide bonds. The van der Waals surface area contributed by atoms with Crippen LogP contribution in [-0.2, 0) is 4.79 Å². The zero-order chi connectivity index (χ0) is 18.1. The molecule has 1 saturated carbocycles. The number of methoxy groups -OCH3 is 1. The number of rotatable bonds is 4. The molecule has 4 heteroatoms. The highest BCUT2D eigenvalue weighted by Crippen LogP contribution is 2.28. The SMILES string of the molecule is C=CC(=C)NC(=O)C1CCC(C)CC1.COc1cccc(C)c1F. The first-order chi connectivity index (χ1) is 11.4. The van der Waals surface area contributed by atoms with Crippen molar-refractivity contribution in [1.29, 1.82) is 0 Å². The molecule has 1 N–H and O–H groups in total. The van der Waals surface area contributed by atoms with Crippen molar-refractivity contribution in [2.75, 3.05) is 7.11 Å². The first-order valence-electron chi connectivity index (χ1n) is 8.30. The Kier molecular flexibility index (Phi) is 8.24. The van der Waals surface area contributed by atoms with E-state index in [2.05, 4.69) is 25.4 Å². The number of amides is 1. The number of hydrogen-bond donors (Lipinski definition) is 1. The Morgan fingerprint density at radius 2 is 1.96 bits per heavy atom. The highest BCUT2D eigenvalue weighted by molar-refractivity contribution is 5.80. The van der Waals surface area contributed by atoms with E-state index in [1.54, 1.807) is 31.2 Å². The molecule has 1 aliphatic rings. The number of carbonyl (C=O) groups is 1. The number of ether oxygens (including phenoxy) is 1. The van der Waals surface area contributed by atoms with Gasteiger partial charge in [0.15, 0.2) is 11.6 Å². The zero-order valence-corrected chi connectivity index (χ0v) is 14.9. The fourth-order valence-corrected chi connectivity index (χ4v) is 2.61. The summed E-state index contributed by atoms with van der Waals surface area (Å²) in [6, 6.07) is 5.07. The highest BCUT2D eigenvalue weighted by Gasteiger charge is 2.23. The molecule has 1 aromatic rings. The van der Waals surface area contributed by atoms with Gasteiger partial charge in [-0.25, -0.2) is 4.39 Å². The molecule has 1 aliphatic carbocycles. The van der Waals surface area contributed by atoms with Crippen molar-refractivity contribution in [3.05, 3.63) is 54.5 Å². The summed E-state index contributed by atoms with van der Waals surface area (Å²) in [5, 5.41) is 2.76. The van der Waals surface area contributed by atoms with E-state index in [1.807, 2.05) is 0 Å². The summed E-state index contributed by atoms with van der Waals surface area (Å²) < 4.78 is 17.6. The minimum Gasteiger partial charge on any atom is -0.494 e. The molecule has 0 bridgehead atoms. The van der Waals surface area contributed by atoms with Crippen LogP contribution in [0.5, 0.6) is 5.75 Å². The number of benzene rings is 1. The van der Waals surface area contributed by atoms with Crippen LogP contribution in [0.3, 0.4) is 0 Å². The van der Waals surface area contributed by atoms with Crippen molar-refractivity contribution in [3.63, 3.8) is 0 Å². The molecule has 1 fully saturated rings. The average Bonchev–Trinajstić information content (AvgIpc) is 2.58. The topological polar surface area (TPSA) is 38.3 Å². The third-order valence-corrected chi connectivity index (χ3v) is 4.29. The Hall–Kier alpha value is -2.10. The second kappa shape index (κ2) is 9.91. The van der Waals surface area contributed by atoms with E-state index < -0.39 is 0 Å². The van der Waals surface area contributed by atoms with Crippen LogP contribution in [0.4, 0.5) is 4.39 Å². The first kappa shape index (κ1) is 19.9. The lowest BCUT2D eigenvalue weighted by atomic mass is 9.82. The monoisotopic (exact) mass is 333 g/mol. The summed E-state index contributed by atoms with van der Waals surface area (Å²) in [5.74, 6) is 1.11. The van der Waals surface area contributed by atoms with Crippen molar-refractivity contribution >= 4 is 5.91 Å². The van der Waals surface area contributed by atoms with E-state index in [1.165, 1.54) is 20.0 Å². The summed E-state index contributed by atoms with van der Waals surface area (Å²) in [6.45, 7) is 11.2. The molecular formula is C20H28FNO2. The van der Waals surface area contributed by atoms with Gasteiger partial charge in [-0.2, -0.15) is 0 Å². The van der Waals surface area contributed by atoms with Crippen LogP contribution in [0.1, 0.15) is 38.2 Å². The van der Waals surface area contributed by atoms with Gasteiger partial charge in [0.2, 0.25) is 5.91 Å². The number of halogens is 1. The van der Waals surface area contributed by atoms with Gasteiger partial charge >= 0.3 is 0 Å². The van der Waals surface area contributed by atoms with Crippen LogP contribution in [0.2, 0.25) is 0 Å². The maximum Gasteiger partial charge on any atom is 0.227 e. The molecule has 2 rings (SSSR count). The predicted molar refractivity (Wildman–Crippen MR) is 96.3 cm³/mol. The van der Waals surface area contributed by atoms with E-state index in [4.69, 9.17) is 4.74 Å². The van der Waals surface area contributed by atoms with Gasteiger partial charge in [-0.1, -0.05) is 32.2 Å². The van der Waals surface area contributed by atoms with Crippen molar-refractivity contribution in [1.82, 2.24) is 5.32 Å². The van der Waals surface area contributed by atoms with Gasteiger partial charge in [-0.05, 0) is 56.2 Å². The Labute approximate surface area is 144 Å². The van der Waals surface area contributed by atoms with Crippen molar-refractivity contribution in [2.24, 2.45) is 11.8 Å². The fraction of sp³-hybridized carbons (Fsp3) is 0.450. The Balaban J connectivity index is 0.000000254. The molecule has 0 radical (unpaired) electrons. The Morgan fingerprint density at radius 1 is 1.33 bits per heavy atom. The molecule has 132 valence electrons. The summed E-state index contributed by atoms with van der Waals surface area (Å²) in [5.41, 5.74) is 1.22. The van der Waals surface area contributed by atoms with Crippen LogP contribution in [-0.4, -0.2) is 13.0 Å². The van der Waals surface area contributed by atoms with Gasteiger partial charge in [0.25, 0.3) is 0 Å². The van der Waals surface area contributed by atoms with Crippen LogP contribution >= 0.6 is 0 Å². The van der Waals surface area contributed by atoms with Gasteiger partial charge in [0.1, 0.15) is 0 Å². The number of nitrogens with one attached hydrogen (secondary N) is 1. The van der Waals surface area contributed by atoms with Crippen LogP contribution in [0, 0.1) is 24.6 Å². The zero-order valence-electron chi connectivity index (χ0n) is 14.9. The molecule has 0 atom stereocenters. The van der Waals surface area contributed by atoms with Gasteiger partial charge in [-0.15, -0.1) is 0 Å². The highest BCUT2D eigenvalue weighted by atomic mass is 19.1. The molecule has 0 heterocycles.